The average molecular weight is 272 g/mol. The largest absolute Gasteiger partial charge is 0.497 e. The third kappa shape index (κ3) is 3.38. The smallest absolute Gasteiger partial charge is 0.324 e. The lowest BCUT2D eigenvalue weighted by Crippen LogP contribution is -2.20. The van der Waals surface area contributed by atoms with Gasteiger partial charge in [-0.25, -0.2) is 9.78 Å². The Kier molecular flexibility index (Phi) is 4.05. The molecule has 1 aromatic heterocycles. The van der Waals surface area contributed by atoms with Gasteiger partial charge in [0, 0.05) is 11.8 Å². The van der Waals surface area contributed by atoms with E-state index in [1.54, 1.807) is 37.4 Å². The molecule has 104 valence electrons. The van der Waals surface area contributed by atoms with Gasteiger partial charge in [0.1, 0.15) is 11.6 Å². The Morgan fingerprint density at radius 2 is 2.10 bits per heavy atom. The maximum Gasteiger partial charge on any atom is 0.324 e. The van der Waals surface area contributed by atoms with Gasteiger partial charge >= 0.3 is 6.03 Å². The number of hydrogen-bond acceptors (Lipinski definition) is 4. The van der Waals surface area contributed by atoms with Gasteiger partial charge < -0.3 is 15.8 Å². The lowest BCUT2D eigenvalue weighted by molar-refractivity contribution is 0.262. The van der Waals surface area contributed by atoms with Crippen molar-refractivity contribution in [2.45, 2.75) is 6.92 Å². The van der Waals surface area contributed by atoms with Crippen molar-refractivity contribution in [2.75, 3.05) is 23.5 Å². The fourth-order valence-electron chi connectivity index (χ4n) is 1.61. The first-order chi connectivity index (χ1) is 9.58. The van der Waals surface area contributed by atoms with Crippen LogP contribution in [0, 0.1) is 6.92 Å². The molecule has 20 heavy (non-hydrogen) atoms. The van der Waals surface area contributed by atoms with Gasteiger partial charge in [0.05, 0.1) is 19.0 Å². The summed E-state index contributed by atoms with van der Waals surface area (Å²) in [7, 11) is 1.57. The number of benzene rings is 1. The molecule has 0 unspecified atom stereocenters. The summed E-state index contributed by atoms with van der Waals surface area (Å²) in [6, 6.07) is 8.41. The van der Waals surface area contributed by atoms with E-state index in [1.165, 1.54) is 6.20 Å². The van der Waals surface area contributed by atoms with Crippen molar-refractivity contribution < 1.29 is 9.53 Å². The first-order valence-corrected chi connectivity index (χ1v) is 6.02. The van der Waals surface area contributed by atoms with Gasteiger partial charge in [-0.2, -0.15) is 0 Å². The van der Waals surface area contributed by atoms with Crippen LogP contribution in [0.1, 0.15) is 5.56 Å². The van der Waals surface area contributed by atoms with E-state index in [1.807, 2.05) is 6.92 Å². The number of nitrogens with one attached hydrogen (secondary N) is 2. The highest BCUT2D eigenvalue weighted by Gasteiger charge is 2.05. The summed E-state index contributed by atoms with van der Waals surface area (Å²) in [6.45, 7) is 1.85. The molecule has 0 atom stereocenters. The Hall–Kier alpha value is -2.76. The molecule has 0 aliphatic heterocycles. The third-order valence-corrected chi connectivity index (χ3v) is 2.72. The second-order valence-electron chi connectivity index (χ2n) is 4.24. The summed E-state index contributed by atoms with van der Waals surface area (Å²) < 4.78 is 5.09. The number of rotatable bonds is 3. The zero-order valence-electron chi connectivity index (χ0n) is 11.3. The summed E-state index contributed by atoms with van der Waals surface area (Å²) in [5.41, 5.74) is 7.75. The lowest BCUT2D eigenvalue weighted by atomic mass is 10.2. The molecule has 0 fully saturated rings. The SMILES string of the molecule is COc1cccc(NC(=O)Nc2cc(C)c(N)cn2)c1. The number of nitrogens with zero attached hydrogens (tertiary/aromatic N) is 1. The number of pyridine rings is 1. The van der Waals surface area contributed by atoms with E-state index >= 15 is 0 Å². The van der Waals surface area contributed by atoms with Crippen molar-refractivity contribution in [3.63, 3.8) is 0 Å². The number of urea groups is 1. The fraction of sp³-hybridized carbons (Fsp3) is 0.143. The van der Waals surface area contributed by atoms with E-state index in [9.17, 15) is 4.79 Å². The molecule has 1 aromatic carbocycles. The monoisotopic (exact) mass is 272 g/mol. The number of nitrogen functional groups attached to an aromatic ring is 1. The maximum atomic E-state index is 11.8. The molecule has 0 aliphatic rings. The van der Waals surface area contributed by atoms with Crippen LogP contribution in [0.3, 0.4) is 0 Å². The van der Waals surface area contributed by atoms with Crippen LogP contribution >= 0.6 is 0 Å². The number of carbonyl (C=O) groups excluding carboxylic acids is 1. The van der Waals surface area contributed by atoms with Crippen LogP contribution in [0.4, 0.5) is 22.0 Å². The predicted molar refractivity (Wildman–Crippen MR) is 79.0 cm³/mol. The third-order valence-electron chi connectivity index (χ3n) is 2.72. The first kappa shape index (κ1) is 13.7. The number of carbonyl (C=O) groups is 1. The van der Waals surface area contributed by atoms with E-state index < -0.39 is 0 Å². The topological polar surface area (TPSA) is 89.3 Å². The predicted octanol–water partition coefficient (Wildman–Crippen LogP) is 2.62. The van der Waals surface area contributed by atoms with Crippen molar-refractivity contribution in [1.29, 1.82) is 0 Å². The first-order valence-electron chi connectivity index (χ1n) is 6.02. The zero-order valence-corrected chi connectivity index (χ0v) is 11.3. The van der Waals surface area contributed by atoms with Crippen molar-refractivity contribution in [3.05, 3.63) is 42.1 Å². The molecule has 0 bridgehead atoms. The minimum absolute atomic E-state index is 0.380. The summed E-state index contributed by atoms with van der Waals surface area (Å²) in [5.74, 6) is 1.11. The van der Waals surface area contributed by atoms with Crippen molar-refractivity contribution in [3.8, 4) is 5.75 Å². The number of aromatic nitrogens is 1. The van der Waals surface area contributed by atoms with Crippen LogP contribution in [0.25, 0.3) is 0 Å². The van der Waals surface area contributed by atoms with E-state index in [-0.39, 0.29) is 6.03 Å². The Morgan fingerprint density at radius 1 is 1.30 bits per heavy atom. The van der Waals surface area contributed by atoms with Crippen LogP contribution in [0.2, 0.25) is 0 Å². The number of hydrogen-bond donors (Lipinski definition) is 3. The van der Waals surface area contributed by atoms with Crippen molar-refractivity contribution in [2.24, 2.45) is 0 Å². The summed E-state index contributed by atoms with van der Waals surface area (Å²) in [4.78, 5) is 15.9. The normalized spacial score (nSPS) is 9.90. The molecule has 2 amide bonds. The zero-order chi connectivity index (χ0) is 14.5. The number of anilines is 3. The summed E-state index contributed by atoms with van der Waals surface area (Å²) in [5, 5.41) is 5.34. The molecule has 2 rings (SSSR count). The van der Waals surface area contributed by atoms with Gasteiger partial charge in [-0.1, -0.05) is 6.07 Å². The number of nitrogens with two attached hydrogens (primary N) is 1. The summed E-state index contributed by atoms with van der Waals surface area (Å²) >= 11 is 0. The van der Waals surface area contributed by atoms with Crippen LogP contribution < -0.4 is 21.1 Å². The molecule has 0 radical (unpaired) electrons. The number of ether oxygens (including phenoxy) is 1. The fourth-order valence-corrected chi connectivity index (χ4v) is 1.61. The maximum absolute atomic E-state index is 11.8. The van der Waals surface area contributed by atoms with E-state index in [4.69, 9.17) is 10.5 Å². The molecule has 0 saturated carbocycles. The van der Waals surface area contributed by atoms with E-state index in [0.29, 0.717) is 22.9 Å². The number of methoxy groups -OCH3 is 1. The molecular weight excluding hydrogens is 256 g/mol. The summed E-state index contributed by atoms with van der Waals surface area (Å²) in [6.07, 6.45) is 1.51. The van der Waals surface area contributed by atoms with Crippen LogP contribution in [-0.4, -0.2) is 18.1 Å². The highest BCUT2D eigenvalue weighted by Crippen LogP contribution is 2.17. The minimum atomic E-state index is -0.380. The molecule has 6 heteroatoms. The standard InChI is InChI=1S/C14H16N4O2/c1-9-6-13(16-8-12(9)15)18-14(19)17-10-4-3-5-11(7-10)20-2/h3-8H,15H2,1-2H3,(H2,16,17,18,19). The van der Waals surface area contributed by atoms with Gasteiger partial charge in [-0.15, -0.1) is 0 Å². The quantitative estimate of drug-likeness (QED) is 0.801. The van der Waals surface area contributed by atoms with Crippen molar-refractivity contribution in [1.82, 2.24) is 4.98 Å². The Balaban J connectivity index is 2.03. The Morgan fingerprint density at radius 3 is 2.80 bits per heavy atom. The molecule has 2 aromatic rings. The van der Waals surface area contributed by atoms with Gasteiger partial charge in [-0.3, -0.25) is 5.32 Å². The van der Waals surface area contributed by atoms with E-state index in [2.05, 4.69) is 15.6 Å². The molecular formula is C14H16N4O2. The number of amides is 2. The highest BCUT2D eigenvalue weighted by molar-refractivity contribution is 5.99. The molecule has 6 nitrogen and oxygen atoms in total. The minimum Gasteiger partial charge on any atom is -0.497 e. The Labute approximate surface area is 117 Å². The van der Waals surface area contributed by atoms with Crippen LogP contribution in [0.5, 0.6) is 5.75 Å². The van der Waals surface area contributed by atoms with Crippen LogP contribution in [-0.2, 0) is 0 Å². The molecule has 4 N–H and O–H groups in total. The average Bonchev–Trinajstić information content (AvgIpc) is 2.43. The second-order valence-corrected chi connectivity index (χ2v) is 4.24. The second kappa shape index (κ2) is 5.92. The van der Waals surface area contributed by atoms with Gasteiger partial charge in [0.2, 0.25) is 0 Å². The molecule has 0 saturated heterocycles. The Bertz CT molecular complexity index is 628. The van der Waals surface area contributed by atoms with E-state index in [0.717, 1.165) is 5.56 Å². The van der Waals surface area contributed by atoms with Crippen molar-refractivity contribution >= 4 is 23.2 Å². The van der Waals surface area contributed by atoms with Gasteiger partial charge in [0.15, 0.2) is 0 Å². The molecule has 0 spiro atoms. The van der Waals surface area contributed by atoms with Gasteiger partial charge in [-0.05, 0) is 30.7 Å². The van der Waals surface area contributed by atoms with Gasteiger partial charge in [0.25, 0.3) is 0 Å². The number of aryl methyl sites for hydroxylation is 1. The molecule has 1 heterocycles. The lowest BCUT2D eigenvalue weighted by Gasteiger charge is -2.09. The molecule has 0 aliphatic carbocycles. The highest BCUT2D eigenvalue weighted by atomic mass is 16.5. The van der Waals surface area contributed by atoms with Crippen LogP contribution in [0.15, 0.2) is 36.5 Å².